The van der Waals surface area contributed by atoms with Crippen LogP contribution in [0.1, 0.15) is 18.9 Å². The molecule has 1 fully saturated rings. The standard InChI is InChI=1S/C9H14N2O/c12-11-7-3-4-9(8-11)10-5-1-2-6-10/h1-2,5-6,9,11H,3-4,7-8H2. The van der Waals surface area contributed by atoms with Gasteiger partial charge in [0.1, 0.15) is 0 Å². The maximum absolute atomic E-state index is 11.2. The molecule has 0 aromatic carbocycles. The average Bonchev–Trinajstić information content (AvgIpc) is 2.56. The van der Waals surface area contributed by atoms with Gasteiger partial charge in [0.05, 0.1) is 19.1 Å². The SMILES string of the molecule is [O-][NH+]1CCCC(n2cccc2)C1. The fourth-order valence-corrected chi connectivity index (χ4v) is 1.85. The molecular formula is C9H14N2O. The molecule has 12 heavy (non-hydrogen) atoms. The fourth-order valence-electron chi connectivity index (χ4n) is 1.85. The lowest BCUT2D eigenvalue weighted by atomic mass is 10.1. The first kappa shape index (κ1) is 7.83. The van der Waals surface area contributed by atoms with E-state index in [1.54, 1.807) is 0 Å². The quantitative estimate of drug-likeness (QED) is 0.594. The Morgan fingerprint density at radius 3 is 2.75 bits per heavy atom. The third-order valence-electron chi connectivity index (χ3n) is 2.51. The first-order valence-electron chi connectivity index (χ1n) is 4.50. The van der Waals surface area contributed by atoms with Crippen LogP contribution >= 0.6 is 0 Å². The van der Waals surface area contributed by atoms with Crippen LogP contribution in [0, 0.1) is 5.21 Å². The van der Waals surface area contributed by atoms with Gasteiger partial charge in [-0.2, -0.15) is 0 Å². The minimum atomic E-state index is 0.417. The topological polar surface area (TPSA) is 32.4 Å². The summed E-state index contributed by atoms with van der Waals surface area (Å²) in [6.45, 7) is 1.52. The molecule has 2 rings (SSSR count). The molecule has 2 heterocycles. The maximum Gasteiger partial charge on any atom is 0.0978 e. The second-order valence-corrected chi connectivity index (χ2v) is 3.42. The van der Waals surface area contributed by atoms with E-state index in [9.17, 15) is 5.21 Å². The summed E-state index contributed by atoms with van der Waals surface area (Å²) in [6.07, 6.45) is 6.30. The monoisotopic (exact) mass is 166 g/mol. The highest BCUT2D eigenvalue weighted by molar-refractivity contribution is 4.93. The molecule has 0 bridgehead atoms. The zero-order chi connectivity index (χ0) is 8.39. The van der Waals surface area contributed by atoms with Crippen LogP contribution in [-0.2, 0) is 0 Å². The highest BCUT2D eigenvalue weighted by atomic mass is 16.5. The Balaban J connectivity index is 2.04. The molecule has 0 amide bonds. The average molecular weight is 166 g/mol. The number of nitrogens with zero attached hydrogens (tertiary/aromatic N) is 1. The summed E-state index contributed by atoms with van der Waals surface area (Å²) in [7, 11) is 0. The van der Waals surface area contributed by atoms with Gasteiger partial charge in [-0.3, -0.25) is 0 Å². The number of piperidine rings is 1. The largest absolute Gasteiger partial charge is 0.634 e. The van der Waals surface area contributed by atoms with Crippen molar-refractivity contribution in [3.05, 3.63) is 29.7 Å². The number of hydroxylamine groups is 2. The van der Waals surface area contributed by atoms with Crippen molar-refractivity contribution >= 4 is 0 Å². The van der Waals surface area contributed by atoms with Gasteiger partial charge in [-0.1, -0.05) is 0 Å². The Labute approximate surface area is 72.2 Å². The molecule has 0 spiro atoms. The van der Waals surface area contributed by atoms with Crippen LogP contribution in [0.15, 0.2) is 24.5 Å². The molecule has 3 nitrogen and oxygen atoms in total. The van der Waals surface area contributed by atoms with Crippen molar-refractivity contribution in [1.29, 1.82) is 0 Å². The van der Waals surface area contributed by atoms with E-state index in [1.165, 1.54) is 0 Å². The van der Waals surface area contributed by atoms with Crippen molar-refractivity contribution in [1.82, 2.24) is 4.57 Å². The summed E-state index contributed by atoms with van der Waals surface area (Å²) in [5.41, 5.74) is 0. The fraction of sp³-hybridized carbons (Fsp3) is 0.556. The van der Waals surface area contributed by atoms with E-state index < -0.39 is 0 Å². The number of rotatable bonds is 1. The number of aromatic nitrogens is 1. The van der Waals surface area contributed by atoms with Gasteiger partial charge < -0.3 is 14.8 Å². The van der Waals surface area contributed by atoms with Crippen molar-refractivity contribution in [2.45, 2.75) is 18.9 Å². The van der Waals surface area contributed by atoms with Gasteiger partial charge in [-0.05, 0) is 25.0 Å². The Kier molecular flexibility index (Phi) is 2.15. The lowest BCUT2D eigenvalue weighted by Crippen LogP contribution is -3.08. The highest BCUT2D eigenvalue weighted by Gasteiger charge is 2.18. The van der Waals surface area contributed by atoms with Crippen molar-refractivity contribution in [2.24, 2.45) is 0 Å². The van der Waals surface area contributed by atoms with Crippen molar-refractivity contribution in [3.63, 3.8) is 0 Å². The van der Waals surface area contributed by atoms with Gasteiger partial charge in [-0.15, -0.1) is 0 Å². The van der Waals surface area contributed by atoms with Crippen molar-refractivity contribution in [3.8, 4) is 0 Å². The van der Waals surface area contributed by atoms with E-state index in [4.69, 9.17) is 0 Å². The predicted molar refractivity (Wildman–Crippen MR) is 46.8 cm³/mol. The van der Waals surface area contributed by atoms with Crippen molar-refractivity contribution in [2.75, 3.05) is 13.1 Å². The number of quaternary nitrogens is 1. The molecule has 1 aromatic rings. The van der Waals surface area contributed by atoms with Gasteiger partial charge in [-0.25, -0.2) is 0 Å². The Morgan fingerprint density at radius 1 is 1.33 bits per heavy atom. The Hall–Kier alpha value is -0.800. The summed E-state index contributed by atoms with van der Waals surface area (Å²) in [5.74, 6) is 0. The molecule has 2 unspecified atom stereocenters. The van der Waals surface area contributed by atoms with E-state index in [2.05, 4.69) is 4.57 Å². The zero-order valence-electron chi connectivity index (χ0n) is 7.07. The minimum Gasteiger partial charge on any atom is -0.634 e. The zero-order valence-corrected chi connectivity index (χ0v) is 7.07. The van der Waals surface area contributed by atoms with Crippen LogP contribution < -0.4 is 5.06 Å². The molecule has 1 aromatic heterocycles. The van der Waals surface area contributed by atoms with Crippen LogP contribution in [0.2, 0.25) is 0 Å². The highest BCUT2D eigenvalue weighted by Crippen LogP contribution is 2.13. The molecule has 2 atom stereocenters. The minimum absolute atomic E-state index is 0.417. The first-order chi connectivity index (χ1) is 5.86. The molecule has 1 aliphatic rings. The third-order valence-corrected chi connectivity index (χ3v) is 2.51. The van der Waals surface area contributed by atoms with Crippen LogP contribution in [0.3, 0.4) is 0 Å². The number of hydrogen-bond acceptors (Lipinski definition) is 1. The predicted octanol–water partition coefficient (Wildman–Crippen LogP) is 0.206. The van der Waals surface area contributed by atoms with Gasteiger partial charge >= 0.3 is 0 Å². The molecule has 1 saturated heterocycles. The lowest BCUT2D eigenvalue weighted by Gasteiger charge is -2.32. The normalized spacial score (nSPS) is 30.4. The Bertz CT molecular complexity index is 233. The van der Waals surface area contributed by atoms with Crippen LogP contribution in [0.5, 0.6) is 0 Å². The molecule has 0 saturated carbocycles. The number of nitrogens with one attached hydrogen (secondary N) is 1. The van der Waals surface area contributed by atoms with E-state index in [0.717, 1.165) is 25.9 Å². The molecule has 0 aliphatic carbocycles. The van der Waals surface area contributed by atoms with Gasteiger partial charge in [0.15, 0.2) is 0 Å². The second-order valence-electron chi connectivity index (χ2n) is 3.42. The van der Waals surface area contributed by atoms with Gasteiger partial charge in [0.25, 0.3) is 0 Å². The summed E-state index contributed by atoms with van der Waals surface area (Å²) in [4.78, 5) is 0. The Morgan fingerprint density at radius 2 is 2.08 bits per heavy atom. The lowest BCUT2D eigenvalue weighted by molar-refractivity contribution is -0.856. The summed E-state index contributed by atoms with van der Waals surface area (Å²) >= 11 is 0. The van der Waals surface area contributed by atoms with Crippen molar-refractivity contribution < 1.29 is 5.06 Å². The molecule has 1 N–H and O–H groups in total. The van der Waals surface area contributed by atoms with Crippen LogP contribution in [-0.4, -0.2) is 17.7 Å². The first-order valence-corrected chi connectivity index (χ1v) is 4.50. The van der Waals surface area contributed by atoms with E-state index in [1.807, 2.05) is 24.5 Å². The van der Waals surface area contributed by atoms with E-state index in [0.29, 0.717) is 11.1 Å². The second kappa shape index (κ2) is 3.29. The smallest absolute Gasteiger partial charge is 0.0978 e. The summed E-state index contributed by atoms with van der Waals surface area (Å²) in [5, 5.41) is 11.6. The van der Waals surface area contributed by atoms with Gasteiger partial charge in [0.2, 0.25) is 0 Å². The molecular weight excluding hydrogens is 152 g/mol. The molecule has 3 heteroatoms. The molecule has 66 valence electrons. The van der Waals surface area contributed by atoms with Gasteiger partial charge in [0, 0.05) is 12.4 Å². The van der Waals surface area contributed by atoms with Crippen LogP contribution in [0.4, 0.5) is 0 Å². The van der Waals surface area contributed by atoms with E-state index in [-0.39, 0.29) is 0 Å². The van der Waals surface area contributed by atoms with E-state index >= 15 is 0 Å². The molecule has 1 aliphatic heterocycles. The third kappa shape index (κ3) is 1.52. The maximum atomic E-state index is 11.2. The number of hydrogen-bond donors (Lipinski definition) is 1. The summed E-state index contributed by atoms with van der Waals surface area (Å²) < 4.78 is 2.15. The van der Waals surface area contributed by atoms with Crippen LogP contribution in [0.25, 0.3) is 0 Å². The summed E-state index contributed by atoms with van der Waals surface area (Å²) in [6, 6.07) is 4.46. The molecule has 0 radical (unpaired) electrons.